The van der Waals surface area contributed by atoms with Crippen LogP contribution in [0.15, 0.2) is 12.4 Å². The summed E-state index contributed by atoms with van der Waals surface area (Å²) < 4.78 is 0. The molecule has 0 spiro atoms. The van der Waals surface area contributed by atoms with E-state index in [0.717, 1.165) is 6.29 Å². The minimum atomic E-state index is 0.191. The van der Waals surface area contributed by atoms with E-state index in [2.05, 4.69) is 21.8 Å². The minimum Gasteiger partial charge on any atom is -0.302 e. The number of hydrogen-bond donors (Lipinski definition) is 0. The summed E-state index contributed by atoms with van der Waals surface area (Å²) in [5, 5.41) is 0.191. The number of aldehydes is 1. The van der Waals surface area contributed by atoms with Gasteiger partial charge in [-0.1, -0.05) is 11.8 Å². The molecule has 1 heterocycles. The van der Waals surface area contributed by atoms with Crippen LogP contribution in [0.5, 0.6) is 0 Å². The van der Waals surface area contributed by atoms with Gasteiger partial charge in [0.25, 0.3) is 0 Å². The molecule has 1 aromatic rings. The first-order valence-electron chi connectivity index (χ1n) is 3.23. The monoisotopic (exact) mass is 180 g/mol. The molecule has 3 nitrogen and oxygen atoms in total. The number of carbonyl (C=O) groups is 1. The van der Waals surface area contributed by atoms with Crippen molar-refractivity contribution in [2.24, 2.45) is 0 Å². The van der Waals surface area contributed by atoms with Gasteiger partial charge in [0.1, 0.15) is 6.29 Å². The van der Waals surface area contributed by atoms with Crippen molar-refractivity contribution in [2.75, 3.05) is 0 Å². The highest BCUT2D eigenvalue weighted by Crippen LogP contribution is 1.98. The van der Waals surface area contributed by atoms with Gasteiger partial charge in [-0.3, -0.25) is 0 Å². The zero-order chi connectivity index (χ0) is 8.81. The molecule has 0 aliphatic carbocycles. The predicted octanol–water partition coefficient (Wildman–Crippen LogP) is 1.07. The summed E-state index contributed by atoms with van der Waals surface area (Å²) in [6.45, 7) is 0. The van der Waals surface area contributed by atoms with Gasteiger partial charge < -0.3 is 4.79 Å². The maximum atomic E-state index is 9.89. The van der Waals surface area contributed by atoms with Crippen LogP contribution in [0.2, 0.25) is 5.28 Å². The van der Waals surface area contributed by atoms with Crippen LogP contribution >= 0.6 is 11.6 Å². The molecule has 60 valence electrons. The predicted molar refractivity (Wildman–Crippen MR) is 44.6 cm³/mol. The van der Waals surface area contributed by atoms with Crippen LogP contribution < -0.4 is 0 Å². The largest absolute Gasteiger partial charge is 0.302 e. The molecule has 0 N–H and O–H groups in total. The highest BCUT2D eigenvalue weighted by Gasteiger charge is 1.88. The maximum Gasteiger partial charge on any atom is 0.222 e. The standard InChI is InChI=1S/C8H5ClN2O/c9-8-10-5-7(6-11-8)3-1-2-4-12/h4-6H,2H2. The van der Waals surface area contributed by atoms with Gasteiger partial charge in [-0.25, -0.2) is 9.97 Å². The molecule has 0 aliphatic heterocycles. The van der Waals surface area contributed by atoms with Crippen molar-refractivity contribution in [1.82, 2.24) is 9.97 Å². The van der Waals surface area contributed by atoms with Crippen LogP contribution in [0, 0.1) is 11.8 Å². The molecule has 0 atom stereocenters. The summed E-state index contributed by atoms with van der Waals surface area (Å²) >= 11 is 5.45. The van der Waals surface area contributed by atoms with Gasteiger partial charge in [-0.05, 0) is 11.6 Å². The molecule has 0 amide bonds. The Balaban J connectivity index is 2.72. The molecule has 0 unspecified atom stereocenters. The van der Waals surface area contributed by atoms with Crippen LogP contribution in [0.25, 0.3) is 0 Å². The Morgan fingerprint density at radius 1 is 1.50 bits per heavy atom. The summed E-state index contributed by atoms with van der Waals surface area (Å²) in [6.07, 6.45) is 3.98. The van der Waals surface area contributed by atoms with Gasteiger partial charge >= 0.3 is 0 Å². The van der Waals surface area contributed by atoms with Crippen LogP contribution in [0.4, 0.5) is 0 Å². The molecule has 0 bridgehead atoms. The van der Waals surface area contributed by atoms with Crippen molar-refractivity contribution in [1.29, 1.82) is 0 Å². The zero-order valence-electron chi connectivity index (χ0n) is 6.12. The van der Waals surface area contributed by atoms with E-state index in [1.165, 1.54) is 12.4 Å². The van der Waals surface area contributed by atoms with Crippen molar-refractivity contribution in [2.45, 2.75) is 6.42 Å². The topological polar surface area (TPSA) is 42.9 Å². The van der Waals surface area contributed by atoms with Gasteiger partial charge in [-0.2, -0.15) is 0 Å². The lowest BCUT2D eigenvalue weighted by Gasteiger charge is -1.87. The smallest absolute Gasteiger partial charge is 0.222 e. The first kappa shape index (κ1) is 8.69. The van der Waals surface area contributed by atoms with Crippen LogP contribution in [0.3, 0.4) is 0 Å². The summed E-state index contributed by atoms with van der Waals surface area (Å²) in [7, 11) is 0. The molecule has 0 saturated carbocycles. The van der Waals surface area contributed by atoms with E-state index >= 15 is 0 Å². The Hall–Kier alpha value is -1.40. The van der Waals surface area contributed by atoms with Crippen LogP contribution in [-0.4, -0.2) is 16.3 Å². The molecule has 0 fully saturated rings. The van der Waals surface area contributed by atoms with Crippen molar-refractivity contribution >= 4 is 17.9 Å². The Kier molecular flexibility index (Phi) is 3.24. The van der Waals surface area contributed by atoms with Crippen molar-refractivity contribution in [3.63, 3.8) is 0 Å². The van der Waals surface area contributed by atoms with E-state index in [1.807, 2.05) is 0 Å². The molecule has 0 radical (unpaired) electrons. The molecular formula is C8H5ClN2O. The lowest BCUT2D eigenvalue weighted by molar-refractivity contribution is -0.107. The first-order chi connectivity index (χ1) is 5.83. The molecule has 12 heavy (non-hydrogen) atoms. The fraction of sp³-hybridized carbons (Fsp3) is 0.125. The van der Waals surface area contributed by atoms with E-state index in [0.29, 0.717) is 5.56 Å². The second kappa shape index (κ2) is 4.47. The third-order valence-electron chi connectivity index (χ3n) is 1.04. The second-order valence-corrected chi connectivity index (χ2v) is 2.25. The highest BCUT2D eigenvalue weighted by molar-refractivity contribution is 6.28. The quantitative estimate of drug-likeness (QED) is 0.369. The minimum absolute atomic E-state index is 0.191. The molecule has 0 saturated heterocycles. The van der Waals surface area contributed by atoms with Crippen molar-refractivity contribution < 1.29 is 4.79 Å². The fourth-order valence-corrected chi connectivity index (χ4v) is 0.669. The lowest BCUT2D eigenvalue weighted by atomic mass is 10.3. The lowest BCUT2D eigenvalue weighted by Crippen LogP contribution is -1.82. The number of carbonyl (C=O) groups excluding carboxylic acids is 1. The Morgan fingerprint density at radius 2 is 2.17 bits per heavy atom. The molecule has 1 aromatic heterocycles. The van der Waals surface area contributed by atoms with E-state index < -0.39 is 0 Å². The molecule has 0 aliphatic rings. The summed E-state index contributed by atoms with van der Waals surface area (Å²) in [4.78, 5) is 17.3. The number of halogens is 1. The Morgan fingerprint density at radius 3 is 2.75 bits per heavy atom. The summed E-state index contributed by atoms with van der Waals surface area (Å²) in [6, 6.07) is 0. The molecule has 4 heteroatoms. The van der Waals surface area contributed by atoms with E-state index in [-0.39, 0.29) is 11.7 Å². The number of hydrogen-bond acceptors (Lipinski definition) is 3. The average molecular weight is 181 g/mol. The van der Waals surface area contributed by atoms with Gasteiger partial charge in [0.2, 0.25) is 5.28 Å². The molecule has 0 aromatic carbocycles. The van der Waals surface area contributed by atoms with Crippen LogP contribution in [-0.2, 0) is 4.79 Å². The Bertz CT molecular complexity index is 323. The van der Waals surface area contributed by atoms with E-state index in [9.17, 15) is 4.79 Å². The molecular weight excluding hydrogens is 176 g/mol. The Labute approximate surface area is 74.8 Å². The summed E-state index contributed by atoms with van der Waals surface area (Å²) in [5.41, 5.74) is 0.654. The van der Waals surface area contributed by atoms with Gasteiger partial charge in [0, 0.05) is 12.4 Å². The average Bonchev–Trinajstić information content (AvgIpc) is 2.09. The normalized spacial score (nSPS) is 8.42. The second-order valence-electron chi connectivity index (χ2n) is 1.91. The number of aromatic nitrogens is 2. The zero-order valence-corrected chi connectivity index (χ0v) is 6.88. The SMILES string of the molecule is O=CCC#Cc1cnc(Cl)nc1. The van der Waals surface area contributed by atoms with Gasteiger partial charge in [0.05, 0.1) is 12.0 Å². The maximum absolute atomic E-state index is 9.89. The van der Waals surface area contributed by atoms with Crippen molar-refractivity contribution in [3.05, 3.63) is 23.2 Å². The van der Waals surface area contributed by atoms with Gasteiger partial charge in [-0.15, -0.1) is 0 Å². The fourth-order valence-electron chi connectivity index (χ4n) is 0.572. The third-order valence-corrected chi connectivity index (χ3v) is 1.23. The van der Waals surface area contributed by atoms with Crippen LogP contribution in [0.1, 0.15) is 12.0 Å². The van der Waals surface area contributed by atoms with Crippen molar-refractivity contribution in [3.8, 4) is 11.8 Å². The highest BCUT2D eigenvalue weighted by atomic mass is 35.5. The first-order valence-corrected chi connectivity index (χ1v) is 3.61. The van der Waals surface area contributed by atoms with E-state index in [1.54, 1.807) is 0 Å². The number of rotatable bonds is 1. The third kappa shape index (κ3) is 2.69. The van der Waals surface area contributed by atoms with E-state index in [4.69, 9.17) is 11.6 Å². The van der Waals surface area contributed by atoms with Gasteiger partial charge in [0.15, 0.2) is 0 Å². The summed E-state index contributed by atoms with van der Waals surface area (Å²) in [5.74, 6) is 5.34. The molecule has 1 rings (SSSR count). The number of nitrogens with zero attached hydrogens (tertiary/aromatic N) is 2.